The second-order valence-corrected chi connectivity index (χ2v) is 13.3. The number of hydrogen-bond acceptors (Lipinski definition) is 9. The van der Waals surface area contributed by atoms with Gasteiger partial charge in [-0.2, -0.15) is 4.98 Å². The lowest BCUT2D eigenvalue weighted by molar-refractivity contribution is -0.132. The van der Waals surface area contributed by atoms with Crippen molar-refractivity contribution in [2.75, 3.05) is 24.7 Å². The molecular weight excluding hydrogens is 565 g/mol. The largest absolute Gasteiger partial charge is 0.444 e. The number of hydrogen-bond donors (Lipinski definition) is 2. The number of alkyl carbamates (subject to hydrolysis) is 1. The molecule has 0 radical (unpaired) electrons. The molecule has 2 N–H and O–H groups in total. The van der Waals surface area contributed by atoms with Crippen LogP contribution in [-0.4, -0.2) is 72.5 Å². The van der Waals surface area contributed by atoms with Crippen LogP contribution in [-0.2, 0) is 25.8 Å². The molecule has 1 saturated heterocycles. The van der Waals surface area contributed by atoms with Crippen LogP contribution >= 0.6 is 0 Å². The van der Waals surface area contributed by atoms with Crippen molar-refractivity contribution in [1.29, 1.82) is 0 Å². The maximum atomic E-state index is 14.4. The first kappa shape index (κ1) is 30.9. The second kappa shape index (κ2) is 12.9. The summed E-state index contributed by atoms with van der Waals surface area (Å²) in [6.07, 6.45) is 2.12. The van der Waals surface area contributed by atoms with Crippen molar-refractivity contribution >= 4 is 27.9 Å². The summed E-state index contributed by atoms with van der Waals surface area (Å²) in [6, 6.07) is 11.8. The van der Waals surface area contributed by atoms with Crippen molar-refractivity contribution in [2.24, 2.45) is 0 Å². The van der Waals surface area contributed by atoms with Gasteiger partial charge in [-0.1, -0.05) is 23.4 Å². The van der Waals surface area contributed by atoms with E-state index in [1.807, 2.05) is 0 Å². The number of benzene rings is 2. The number of nitrogens with one attached hydrogen (secondary N) is 2. The van der Waals surface area contributed by atoms with E-state index in [0.29, 0.717) is 30.0 Å². The molecule has 1 aliphatic heterocycles. The molecule has 0 bridgehead atoms. The molecule has 1 aromatic heterocycles. The summed E-state index contributed by atoms with van der Waals surface area (Å²) in [4.78, 5) is 32.2. The molecule has 0 spiro atoms. The fourth-order valence-electron chi connectivity index (χ4n) is 4.75. The predicted molar refractivity (Wildman–Crippen MR) is 154 cm³/mol. The van der Waals surface area contributed by atoms with E-state index in [1.54, 1.807) is 56.0 Å². The summed E-state index contributed by atoms with van der Waals surface area (Å²) in [5.74, 6) is -0.288. The topological polar surface area (TPSA) is 144 Å². The van der Waals surface area contributed by atoms with Crippen LogP contribution < -0.4 is 10.6 Å². The number of anilines is 1. The third-order valence-corrected chi connectivity index (χ3v) is 7.85. The highest BCUT2D eigenvalue weighted by molar-refractivity contribution is 7.90. The van der Waals surface area contributed by atoms with E-state index in [2.05, 4.69) is 20.8 Å². The Hall–Kier alpha value is -4.00. The molecule has 2 atom stereocenters. The number of carbonyl (C=O) groups is 2. The molecule has 42 heavy (non-hydrogen) atoms. The van der Waals surface area contributed by atoms with E-state index >= 15 is 0 Å². The molecule has 1 aliphatic rings. The SMILES string of the molecule is CC(C)(C)OC(=O)N[C@@H](CC(=O)N1CCCC1CNc1nc(-c2ccc(S(C)(=O)=O)cc2)no1)Cc1ccccc1F. The fraction of sp³-hybridized carbons (Fsp3) is 0.448. The highest BCUT2D eigenvalue weighted by Gasteiger charge is 2.31. The number of nitrogens with zero attached hydrogens (tertiary/aromatic N) is 3. The molecule has 4 rings (SSSR count). The Labute approximate surface area is 244 Å². The molecule has 0 aliphatic carbocycles. The summed E-state index contributed by atoms with van der Waals surface area (Å²) in [5.41, 5.74) is 0.260. The second-order valence-electron chi connectivity index (χ2n) is 11.3. The van der Waals surface area contributed by atoms with Crippen molar-refractivity contribution in [1.82, 2.24) is 20.4 Å². The smallest absolute Gasteiger partial charge is 0.407 e. The Balaban J connectivity index is 1.38. The van der Waals surface area contributed by atoms with Crippen LogP contribution in [0.2, 0.25) is 0 Å². The molecule has 226 valence electrons. The van der Waals surface area contributed by atoms with Gasteiger partial charge >= 0.3 is 12.1 Å². The van der Waals surface area contributed by atoms with Crippen molar-refractivity contribution in [3.05, 3.63) is 59.9 Å². The number of amides is 2. The summed E-state index contributed by atoms with van der Waals surface area (Å²) in [6.45, 7) is 6.13. The van der Waals surface area contributed by atoms with Gasteiger partial charge in [0.1, 0.15) is 11.4 Å². The molecule has 1 unspecified atom stereocenters. The van der Waals surface area contributed by atoms with Gasteiger partial charge in [0.05, 0.1) is 4.90 Å². The Bertz CT molecular complexity index is 1500. The number of halogens is 1. The lowest BCUT2D eigenvalue weighted by atomic mass is 10.0. The standard InChI is InChI=1S/C29H36FN5O6S/c1-29(2,3)40-28(37)32-21(16-20-8-5-6-10-24(20)30)17-25(36)35-15-7-9-22(35)18-31-27-33-26(34-41-27)19-11-13-23(14-12-19)42(4,38)39/h5-6,8,10-14,21-22H,7,9,15-18H2,1-4H3,(H,32,37)(H,31,33,34)/t21-,22?/m1/s1. The van der Waals surface area contributed by atoms with E-state index in [9.17, 15) is 22.4 Å². The summed E-state index contributed by atoms with van der Waals surface area (Å²) >= 11 is 0. The average molecular weight is 602 g/mol. The first-order valence-corrected chi connectivity index (χ1v) is 15.6. The number of carbonyl (C=O) groups excluding carboxylic acids is 2. The fourth-order valence-corrected chi connectivity index (χ4v) is 5.38. The molecule has 2 aromatic carbocycles. The first-order valence-electron chi connectivity index (χ1n) is 13.7. The summed E-state index contributed by atoms with van der Waals surface area (Å²) in [5, 5.41) is 9.79. The molecule has 1 fully saturated rings. The minimum atomic E-state index is -3.32. The van der Waals surface area contributed by atoms with Crippen molar-refractivity contribution < 1.29 is 31.7 Å². The van der Waals surface area contributed by atoms with Gasteiger partial charge in [0.15, 0.2) is 9.84 Å². The maximum absolute atomic E-state index is 14.4. The number of likely N-dealkylation sites (tertiary alicyclic amines) is 1. The Morgan fingerprint density at radius 1 is 1.17 bits per heavy atom. The van der Waals surface area contributed by atoms with Gasteiger partial charge in [0.2, 0.25) is 11.7 Å². The minimum absolute atomic E-state index is 0.0295. The first-order chi connectivity index (χ1) is 19.8. The molecule has 2 amide bonds. The molecular formula is C29H36FN5O6S. The predicted octanol–water partition coefficient (Wildman–Crippen LogP) is 4.21. The van der Waals surface area contributed by atoms with Crippen molar-refractivity contribution in [3.63, 3.8) is 0 Å². The Morgan fingerprint density at radius 3 is 2.55 bits per heavy atom. The zero-order valence-electron chi connectivity index (χ0n) is 24.1. The van der Waals surface area contributed by atoms with Gasteiger partial charge in [-0.3, -0.25) is 4.79 Å². The highest BCUT2D eigenvalue weighted by atomic mass is 32.2. The molecule has 2 heterocycles. The summed E-state index contributed by atoms with van der Waals surface area (Å²) in [7, 11) is -3.32. The van der Waals surface area contributed by atoms with Crippen LogP contribution in [0, 0.1) is 5.82 Å². The quantitative estimate of drug-likeness (QED) is 0.349. The van der Waals surface area contributed by atoms with Crippen molar-refractivity contribution in [2.45, 2.75) is 69.0 Å². The Kier molecular flexibility index (Phi) is 9.50. The van der Waals surface area contributed by atoms with Crippen LogP contribution in [0.15, 0.2) is 57.9 Å². The zero-order valence-corrected chi connectivity index (χ0v) is 24.9. The normalized spacial score (nSPS) is 16.2. The zero-order chi connectivity index (χ0) is 30.5. The van der Waals surface area contributed by atoms with Gasteiger partial charge < -0.3 is 24.8 Å². The van der Waals surface area contributed by atoms with E-state index < -0.39 is 33.4 Å². The van der Waals surface area contributed by atoms with Gasteiger partial charge in [-0.25, -0.2) is 17.6 Å². The number of aromatic nitrogens is 2. The maximum Gasteiger partial charge on any atom is 0.407 e. The molecule has 11 nitrogen and oxygen atoms in total. The van der Waals surface area contributed by atoms with Crippen molar-refractivity contribution in [3.8, 4) is 11.4 Å². The number of sulfone groups is 1. The molecule has 0 saturated carbocycles. The van der Waals surface area contributed by atoms with Gasteiger partial charge in [0.25, 0.3) is 0 Å². The third kappa shape index (κ3) is 8.51. The van der Waals surface area contributed by atoms with E-state index in [-0.39, 0.29) is 35.7 Å². The third-order valence-electron chi connectivity index (χ3n) is 6.72. The van der Waals surface area contributed by atoms with E-state index in [0.717, 1.165) is 19.1 Å². The lowest BCUT2D eigenvalue weighted by Gasteiger charge is -2.28. The summed E-state index contributed by atoms with van der Waals surface area (Å²) < 4.78 is 48.5. The molecule has 3 aromatic rings. The van der Waals surface area contributed by atoms with Crippen LogP contribution in [0.25, 0.3) is 11.4 Å². The van der Waals surface area contributed by atoms with Crippen LogP contribution in [0.4, 0.5) is 15.2 Å². The number of ether oxygens (including phenoxy) is 1. The van der Waals surface area contributed by atoms with Crippen LogP contribution in [0.3, 0.4) is 0 Å². The number of rotatable bonds is 10. The Morgan fingerprint density at radius 2 is 1.88 bits per heavy atom. The average Bonchev–Trinajstić information content (AvgIpc) is 3.57. The van der Waals surface area contributed by atoms with Crippen LogP contribution in [0.5, 0.6) is 0 Å². The van der Waals surface area contributed by atoms with Gasteiger partial charge in [0, 0.05) is 43.4 Å². The monoisotopic (exact) mass is 601 g/mol. The van der Waals surface area contributed by atoms with E-state index in [4.69, 9.17) is 9.26 Å². The molecule has 13 heteroatoms. The van der Waals surface area contributed by atoms with Crippen LogP contribution in [0.1, 0.15) is 45.6 Å². The van der Waals surface area contributed by atoms with Gasteiger partial charge in [-0.15, -0.1) is 0 Å². The van der Waals surface area contributed by atoms with Gasteiger partial charge in [-0.05, 0) is 75.9 Å². The minimum Gasteiger partial charge on any atom is -0.444 e. The van der Waals surface area contributed by atoms with E-state index in [1.165, 1.54) is 18.2 Å². The highest BCUT2D eigenvalue weighted by Crippen LogP contribution is 2.23. The lowest BCUT2D eigenvalue weighted by Crippen LogP contribution is -2.46.